The van der Waals surface area contributed by atoms with Crippen LogP contribution in [0.5, 0.6) is 0 Å². The second kappa shape index (κ2) is 8.55. The van der Waals surface area contributed by atoms with Gasteiger partial charge < -0.3 is 10.6 Å². The fourth-order valence-electron chi connectivity index (χ4n) is 3.73. The van der Waals surface area contributed by atoms with Crippen molar-refractivity contribution in [2.45, 2.75) is 50.2 Å². The van der Waals surface area contributed by atoms with Gasteiger partial charge >= 0.3 is 12.4 Å². The van der Waals surface area contributed by atoms with Crippen LogP contribution in [0.15, 0.2) is 42.5 Å². The zero-order valence-electron chi connectivity index (χ0n) is 16.0. The minimum Gasteiger partial charge on any atom is -0.309 e. The molecule has 0 bridgehead atoms. The van der Waals surface area contributed by atoms with Crippen molar-refractivity contribution < 1.29 is 30.7 Å². The molecule has 2 nitrogen and oxygen atoms in total. The highest BCUT2D eigenvalue weighted by atomic mass is 19.4. The van der Waals surface area contributed by atoms with Gasteiger partial charge in [0, 0.05) is 18.1 Å². The summed E-state index contributed by atoms with van der Waals surface area (Å²) in [4.78, 5) is 0. The lowest BCUT2D eigenvalue weighted by molar-refractivity contribution is -0.143. The van der Waals surface area contributed by atoms with Crippen molar-refractivity contribution in [1.29, 1.82) is 0 Å². The van der Waals surface area contributed by atoms with Crippen LogP contribution >= 0.6 is 0 Å². The Balaban J connectivity index is 1.88. The first-order valence-corrected chi connectivity index (χ1v) is 9.49. The van der Waals surface area contributed by atoms with Crippen LogP contribution in [-0.4, -0.2) is 12.6 Å². The van der Waals surface area contributed by atoms with Crippen LogP contribution in [0.3, 0.4) is 0 Å². The number of rotatable bonds is 4. The quantitative estimate of drug-likeness (QED) is 0.576. The molecule has 2 aromatic rings. The molecule has 1 aliphatic heterocycles. The molecule has 9 heteroatoms. The van der Waals surface area contributed by atoms with Crippen molar-refractivity contribution in [2.24, 2.45) is 0 Å². The summed E-state index contributed by atoms with van der Waals surface area (Å²) in [6.45, 7) is 2.24. The summed E-state index contributed by atoms with van der Waals surface area (Å²) in [5.41, 5.74) is -1.97. The third kappa shape index (κ3) is 5.31. The summed E-state index contributed by atoms with van der Waals surface area (Å²) < 4.78 is 92.1. The Morgan fingerprint density at radius 1 is 0.933 bits per heavy atom. The van der Waals surface area contributed by atoms with Gasteiger partial charge in [-0.25, -0.2) is 4.39 Å². The van der Waals surface area contributed by atoms with Gasteiger partial charge in [0.25, 0.3) is 0 Å². The van der Waals surface area contributed by atoms with Crippen molar-refractivity contribution in [3.05, 3.63) is 70.5 Å². The van der Waals surface area contributed by atoms with Crippen molar-refractivity contribution in [3.8, 4) is 0 Å². The van der Waals surface area contributed by atoms with E-state index in [0.717, 1.165) is 24.1 Å². The minimum atomic E-state index is -4.89. The highest BCUT2D eigenvalue weighted by Gasteiger charge is 2.37. The number of benzene rings is 2. The Morgan fingerprint density at radius 2 is 1.50 bits per heavy atom. The van der Waals surface area contributed by atoms with E-state index < -0.39 is 35.3 Å². The van der Waals surface area contributed by atoms with Crippen LogP contribution in [0.2, 0.25) is 0 Å². The number of hydrogen-bond donors (Lipinski definition) is 2. The summed E-state index contributed by atoms with van der Waals surface area (Å²) in [6, 6.07) is 6.22. The van der Waals surface area contributed by atoms with E-state index in [9.17, 15) is 30.7 Å². The first kappa shape index (κ1) is 22.6. The lowest BCUT2D eigenvalue weighted by Crippen LogP contribution is -2.46. The van der Waals surface area contributed by atoms with Crippen LogP contribution in [-0.2, 0) is 12.4 Å². The topological polar surface area (TPSA) is 24.1 Å². The second-order valence-electron chi connectivity index (χ2n) is 7.46. The second-order valence-corrected chi connectivity index (χ2v) is 7.46. The maximum Gasteiger partial charge on any atom is 0.416 e. The Kier molecular flexibility index (Phi) is 6.43. The molecule has 0 amide bonds. The molecule has 3 atom stereocenters. The van der Waals surface area contributed by atoms with Crippen LogP contribution in [0.25, 0.3) is 0 Å². The zero-order chi connectivity index (χ0) is 22.1. The van der Waals surface area contributed by atoms with E-state index in [2.05, 4.69) is 10.6 Å². The van der Waals surface area contributed by atoms with Gasteiger partial charge in [-0.15, -0.1) is 0 Å². The summed E-state index contributed by atoms with van der Waals surface area (Å²) in [7, 11) is 0. The van der Waals surface area contributed by atoms with E-state index in [1.165, 1.54) is 19.1 Å². The van der Waals surface area contributed by atoms with Crippen molar-refractivity contribution in [1.82, 2.24) is 10.6 Å². The van der Waals surface area contributed by atoms with Gasteiger partial charge in [0.05, 0.1) is 11.1 Å². The number of nitrogens with one attached hydrogen (secondary N) is 2. The lowest BCUT2D eigenvalue weighted by atomic mass is 9.90. The summed E-state index contributed by atoms with van der Waals surface area (Å²) >= 11 is 0. The van der Waals surface area contributed by atoms with Gasteiger partial charge in [0.15, 0.2) is 0 Å². The first-order valence-electron chi connectivity index (χ1n) is 9.49. The van der Waals surface area contributed by atoms with Gasteiger partial charge in [-0.05, 0) is 67.8 Å². The number of hydrogen-bond acceptors (Lipinski definition) is 2. The summed E-state index contributed by atoms with van der Waals surface area (Å²) in [6.07, 6.45) is -8.32. The molecule has 1 fully saturated rings. The number of piperidine rings is 1. The fraction of sp³-hybridized carbons (Fsp3) is 0.429. The Bertz CT molecular complexity index is 827. The monoisotopic (exact) mass is 434 g/mol. The smallest absolute Gasteiger partial charge is 0.309 e. The molecule has 164 valence electrons. The summed E-state index contributed by atoms with van der Waals surface area (Å²) in [5.74, 6) is -0.393. The Morgan fingerprint density at radius 3 is 2.03 bits per heavy atom. The molecule has 0 saturated carbocycles. The lowest BCUT2D eigenvalue weighted by Gasteiger charge is -2.36. The molecule has 1 aliphatic rings. The fourth-order valence-corrected chi connectivity index (χ4v) is 3.73. The van der Waals surface area contributed by atoms with E-state index in [1.807, 2.05) is 0 Å². The van der Waals surface area contributed by atoms with Gasteiger partial charge in [0.2, 0.25) is 0 Å². The zero-order valence-corrected chi connectivity index (χ0v) is 16.0. The van der Waals surface area contributed by atoms with Crippen LogP contribution < -0.4 is 10.6 Å². The molecular formula is C21H21F7N2. The predicted octanol–water partition coefficient (Wildman–Crippen LogP) is 6.01. The molecule has 3 rings (SSSR count). The van der Waals surface area contributed by atoms with E-state index in [0.29, 0.717) is 13.0 Å². The van der Waals surface area contributed by atoms with Crippen molar-refractivity contribution in [2.75, 3.05) is 6.54 Å². The molecule has 2 aromatic carbocycles. The standard InChI is InChI=1S/C21H21F7N2/c1-12(14-9-15(20(23,24)25)11-16(10-14)21(26,27)28)30-18-3-2-8-29-19(18)13-4-6-17(22)7-5-13/h4-7,9-12,18-19,29-30H,2-3,8H2,1H3/t12?,18-,19-/m1/s1. The van der Waals surface area contributed by atoms with Gasteiger partial charge in [-0.3, -0.25) is 0 Å². The molecular weight excluding hydrogens is 413 g/mol. The van der Waals surface area contributed by atoms with E-state index in [-0.39, 0.29) is 23.7 Å². The van der Waals surface area contributed by atoms with Crippen LogP contribution in [0.1, 0.15) is 54.1 Å². The molecule has 0 aromatic heterocycles. The van der Waals surface area contributed by atoms with Gasteiger partial charge in [-0.1, -0.05) is 12.1 Å². The molecule has 1 heterocycles. The molecule has 0 aliphatic carbocycles. The summed E-state index contributed by atoms with van der Waals surface area (Å²) in [5, 5.41) is 6.45. The third-order valence-corrected chi connectivity index (χ3v) is 5.26. The Hall–Kier alpha value is -2.13. The molecule has 0 spiro atoms. The molecule has 30 heavy (non-hydrogen) atoms. The molecule has 0 radical (unpaired) electrons. The van der Waals surface area contributed by atoms with E-state index in [1.54, 1.807) is 12.1 Å². The van der Waals surface area contributed by atoms with Crippen LogP contribution in [0.4, 0.5) is 30.7 Å². The SMILES string of the molecule is CC(N[C@@H]1CCCN[C@@H]1c1ccc(F)cc1)c1cc(C(F)(F)F)cc(C(F)(F)F)c1. The molecule has 2 N–H and O–H groups in total. The normalized spacial score (nSPS) is 21.5. The van der Waals surface area contributed by atoms with Gasteiger partial charge in [0.1, 0.15) is 5.82 Å². The predicted molar refractivity (Wildman–Crippen MR) is 98.2 cm³/mol. The molecule has 1 saturated heterocycles. The maximum atomic E-state index is 13.2. The number of halogens is 7. The van der Waals surface area contributed by atoms with E-state index >= 15 is 0 Å². The average molecular weight is 434 g/mol. The third-order valence-electron chi connectivity index (χ3n) is 5.26. The highest BCUT2D eigenvalue weighted by Crippen LogP contribution is 2.38. The van der Waals surface area contributed by atoms with Crippen molar-refractivity contribution >= 4 is 0 Å². The maximum absolute atomic E-state index is 13.2. The Labute approximate surface area is 169 Å². The van der Waals surface area contributed by atoms with Crippen LogP contribution in [0, 0.1) is 5.82 Å². The number of alkyl halides is 6. The molecule has 1 unspecified atom stereocenters. The largest absolute Gasteiger partial charge is 0.416 e. The first-order chi connectivity index (χ1) is 13.9. The van der Waals surface area contributed by atoms with E-state index in [4.69, 9.17) is 0 Å². The van der Waals surface area contributed by atoms with Crippen molar-refractivity contribution in [3.63, 3.8) is 0 Å². The minimum absolute atomic E-state index is 0.0967. The average Bonchev–Trinajstić information content (AvgIpc) is 2.67. The van der Waals surface area contributed by atoms with Gasteiger partial charge in [-0.2, -0.15) is 26.3 Å². The highest BCUT2D eigenvalue weighted by molar-refractivity contribution is 5.35.